The van der Waals surface area contributed by atoms with Crippen molar-refractivity contribution in [3.63, 3.8) is 0 Å². The Bertz CT molecular complexity index is 726. The van der Waals surface area contributed by atoms with Gasteiger partial charge in [-0.25, -0.2) is 0 Å². The van der Waals surface area contributed by atoms with Crippen molar-refractivity contribution in [2.45, 2.75) is 11.5 Å². The van der Waals surface area contributed by atoms with Gasteiger partial charge in [-0.15, -0.1) is 11.8 Å². The normalized spacial score (nSPS) is 10.5. The van der Waals surface area contributed by atoms with Gasteiger partial charge in [-0.2, -0.15) is 16.3 Å². The lowest BCUT2D eigenvalue weighted by Crippen LogP contribution is -2.07. The van der Waals surface area contributed by atoms with Crippen LogP contribution in [-0.4, -0.2) is 21.9 Å². The van der Waals surface area contributed by atoms with E-state index in [9.17, 15) is 4.79 Å². The molecule has 0 bridgehead atoms. The van der Waals surface area contributed by atoms with E-state index >= 15 is 0 Å². The van der Waals surface area contributed by atoms with Crippen LogP contribution in [0.4, 0.5) is 0 Å². The number of rotatable bonds is 6. The van der Waals surface area contributed by atoms with E-state index in [2.05, 4.69) is 10.1 Å². The lowest BCUT2D eigenvalue weighted by atomic mass is 10.3. The number of hydrogen-bond donors (Lipinski definition) is 0. The molecule has 7 heteroatoms. The summed E-state index contributed by atoms with van der Waals surface area (Å²) in [5.41, 5.74) is 0.894. The number of nitrogens with zero attached hydrogens (tertiary/aromatic N) is 2. The minimum absolute atomic E-state index is 0.00861. The van der Waals surface area contributed by atoms with Gasteiger partial charge in [0.2, 0.25) is 5.82 Å². The Morgan fingerprint density at radius 2 is 2.14 bits per heavy atom. The fourth-order valence-electron chi connectivity index (χ4n) is 1.67. The highest BCUT2D eigenvalue weighted by molar-refractivity contribution is 8.00. The van der Waals surface area contributed by atoms with E-state index in [0.717, 1.165) is 10.5 Å². The molecule has 0 amide bonds. The van der Waals surface area contributed by atoms with Crippen LogP contribution in [0.1, 0.15) is 5.89 Å². The Morgan fingerprint density at radius 1 is 1.27 bits per heavy atom. The first-order valence-corrected chi connectivity index (χ1v) is 8.43. The first kappa shape index (κ1) is 14.8. The maximum Gasteiger partial charge on any atom is 0.316 e. The van der Waals surface area contributed by atoms with Crippen molar-refractivity contribution in [3.8, 4) is 11.4 Å². The molecular formula is C15H12N2O3S2. The van der Waals surface area contributed by atoms with Gasteiger partial charge in [0.1, 0.15) is 0 Å². The van der Waals surface area contributed by atoms with Crippen LogP contribution >= 0.6 is 23.1 Å². The molecule has 112 valence electrons. The van der Waals surface area contributed by atoms with Crippen molar-refractivity contribution >= 4 is 29.1 Å². The highest BCUT2D eigenvalue weighted by atomic mass is 32.2. The zero-order valence-electron chi connectivity index (χ0n) is 11.5. The Hall–Kier alpha value is -2.12. The molecule has 3 rings (SSSR count). The van der Waals surface area contributed by atoms with Gasteiger partial charge in [-0.3, -0.25) is 4.79 Å². The second kappa shape index (κ2) is 7.24. The molecule has 0 saturated heterocycles. The highest BCUT2D eigenvalue weighted by Crippen LogP contribution is 2.19. The molecule has 0 atom stereocenters. The van der Waals surface area contributed by atoms with Gasteiger partial charge >= 0.3 is 5.97 Å². The Balaban J connectivity index is 1.47. The lowest BCUT2D eigenvalue weighted by Gasteiger charge is -2.01. The van der Waals surface area contributed by atoms with Crippen molar-refractivity contribution in [3.05, 3.63) is 53.0 Å². The third-order valence-electron chi connectivity index (χ3n) is 2.70. The van der Waals surface area contributed by atoms with Crippen LogP contribution in [0.15, 0.2) is 56.6 Å². The minimum Gasteiger partial charge on any atom is -0.455 e. The Kier molecular flexibility index (Phi) is 4.87. The number of carbonyl (C=O) groups excluding carboxylic acids is 1. The van der Waals surface area contributed by atoms with E-state index in [0.29, 0.717) is 11.7 Å². The molecule has 5 nitrogen and oxygen atoms in total. The van der Waals surface area contributed by atoms with E-state index < -0.39 is 0 Å². The Morgan fingerprint density at radius 3 is 2.91 bits per heavy atom. The molecule has 0 aliphatic carbocycles. The maximum absolute atomic E-state index is 11.7. The topological polar surface area (TPSA) is 65.2 Å². The number of esters is 1. The summed E-state index contributed by atoms with van der Waals surface area (Å²) in [6.45, 7) is -0.00861. The maximum atomic E-state index is 11.7. The lowest BCUT2D eigenvalue weighted by molar-refractivity contribution is -0.142. The SMILES string of the molecule is O=C(CSc1ccccc1)OCc1nc(-c2ccsc2)no1. The summed E-state index contributed by atoms with van der Waals surface area (Å²) in [6.07, 6.45) is 0. The number of ether oxygens (including phenoxy) is 1. The predicted molar refractivity (Wildman–Crippen MR) is 84.6 cm³/mol. The average Bonchev–Trinajstić information content (AvgIpc) is 3.22. The average molecular weight is 332 g/mol. The fraction of sp³-hybridized carbons (Fsp3) is 0.133. The first-order chi connectivity index (χ1) is 10.8. The molecule has 0 spiro atoms. The third kappa shape index (κ3) is 3.96. The van der Waals surface area contributed by atoms with Gasteiger partial charge in [0.05, 0.1) is 5.75 Å². The van der Waals surface area contributed by atoms with E-state index in [1.165, 1.54) is 11.8 Å². The van der Waals surface area contributed by atoms with E-state index in [1.807, 2.05) is 47.2 Å². The van der Waals surface area contributed by atoms with Gasteiger partial charge < -0.3 is 9.26 Å². The van der Waals surface area contributed by atoms with Crippen molar-refractivity contribution < 1.29 is 14.1 Å². The van der Waals surface area contributed by atoms with Crippen LogP contribution < -0.4 is 0 Å². The van der Waals surface area contributed by atoms with Gasteiger partial charge in [-0.1, -0.05) is 23.4 Å². The summed E-state index contributed by atoms with van der Waals surface area (Å²) in [7, 11) is 0. The first-order valence-electron chi connectivity index (χ1n) is 6.50. The van der Waals surface area contributed by atoms with E-state index in [-0.39, 0.29) is 18.3 Å². The third-order valence-corrected chi connectivity index (χ3v) is 4.37. The van der Waals surface area contributed by atoms with Crippen LogP contribution in [0, 0.1) is 0 Å². The zero-order chi connectivity index (χ0) is 15.2. The molecule has 0 saturated carbocycles. The second-order valence-corrected chi connectivity index (χ2v) is 6.11. The molecule has 2 heterocycles. The standard InChI is InChI=1S/C15H12N2O3S2/c18-14(10-22-12-4-2-1-3-5-12)19-8-13-16-15(17-20-13)11-6-7-21-9-11/h1-7,9H,8,10H2. The summed E-state index contributed by atoms with van der Waals surface area (Å²) in [6, 6.07) is 11.6. The van der Waals surface area contributed by atoms with Gasteiger partial charge in [0.25, 0.3) is 5.89 Å². The van der Waals surface area contributed by atoms with Gasteiger partial charge in [0.15, 0.2) is 6.61 Å². The predicted octanol–water partition coefficient (Wildman–Crippen LogP) is 3.63. The zero-order valence-corrected chi connectivity index (χ0v) is 13.1. The van der Waals surface area contributed by atoms with Crippen LogP contribution in [0.25, 0.3) is 11.4 Å². The molecule has 22 heavy (non-hydrogen) atoms. The molecule has 1 aromatic carbocycles. The fourth-order valence-corrected chi connectivity index (χ4v) is 3.02. The number of thiophene rings is 1. The summed E-state index contributed by atoms with van der Waals surface area (Å²) >= 11 is 2.98. The number of hydrogen-bond acceptors (Lipinski definition) is 7. The number of carbonyl (C=O) groups is 1. The van der Waals surface area contributed by atoms with Crippen molar-refractivity contribution in [2.24, 2.45) is 0 Å². The van der Waals surface area contributed by atoms with Crippen molar-refractivity contribution in [2.75, 3.05) is 5.75 Å². The number of aromatic nitrogens is 2. The van der Waals surface area contributed by atoms with Gasteiger partial charge in [0, 0.05) is 15.8 Å². The second-order valence-electron chi connectivity index (χ2n) is 4.29. The quantitative estimate of drug-likeness (QED) is 0.507. The smallest absolute Gasteiger partial charge is 0.316 e. The molecule has 0 N–H and O–H groups in total. The molecule has 0 unspecified atom stereocenters. The van der Waals surface area contributed by atoms with Gasteiger partial charge in [-0.05, 0) is 23.6 Å². The largest absolute Gasteiger partial charge is 0.455 e. The molecule has 0 aliphatic rings. The summed E-state index contributed by atoms with van der Waals surface area (Å²) in [4.78, 5) is 16.9. The minimum atomic E-state index is -0.316. The summed E-state index contributed by atoms with van der Waals surface area (Å²) < 4.78 is 10.2. The summed E-state index contributed by atoms with van der Waals surface area (Å²) in [5.74, 6) is 0.726. The van der Waals surface area contributed by atoms with Crippen LogP contribution in [0.3, 0.4) is 0 Å². The van der Waals surface area contributed by atoms with Crippen LogP contribution in [0.5, 0.6) is 0 Å². The van der Waals surface area contributed by atoms with Crippen molar-refractivity contribution in [1.82, 2.24) is 10.1 Å². The van der Waals surface area contributed by atoms with E-state index in [4.69, 9.17) is 9.26 Å². The molecular weight excluding hydrogens is 320 g/mol. The monoisotopic (exact) mass is 332 g/mol. The molecule has 2 aromatic heterocycles. The molecule has 3 aromatic rings. The Labute approximate surface area is 135 Å². The molecule has 0 fully saturated rings. The van der Waals surface area contributed by atoms with Crippen LogP contribution in [0.2, 0.25) is 0 Å². The summed E-state index contributed by atoms with van der Waals surface area (Å²) in [5, 5.41) is 7.72. The number of thioether (sulfide) groups is 1. The van der Waals surface area contributed by atoms with Crippen molar-refractivity contribution in [1.29, 1.82) is 0 Å². The molecule has 0 aliphatic heterocycles. The molecule has 0 radical (unpaired) electrons. The number of benzene rings is 1. The van der Waals surface area contributed by atoms with E-state index in [1.54, 1.807) is 11.3 Å². The van der Waals surface area contributed by atoms with Crippen LogP contribution in [-0.2, 0) is 16.1 Å². The highest BCUT2D eigenvalue weighted by Gasteiger charge is 2.11.